The second kappa shape index (κ2) is 16.3. The van der Waals surface area contributed by atoms with E-state index >= 15 is 0 Å². The minimum Gasteiger partial charge on any atom is -0.434 e. The summed E-state index contributed by atoms with van der Waals surface area (Å²) in [5.41, 5.74) is 0. The second-order valence-corrected chi connectivity index (χ2v) is 8.96. The molecule has 1 rings (SSSR count). The topological polar surface area (TPSA) is 71.1 Å². The van der Waals surface area contributed by atoms with Crippen LogP contribution in [-0.2, 0) is 18.9 Å². The maximum Gasteiger partial charge on any atom is 0.508 e. The predicted molar refractivity (Wildman–Crippen MR) is 118 cm³/mol. The summed E-state index contributed by atoms with van der Waals surface area (Å²) in [6, 6.07) is 0. The van der Waals surface area contributed by atoms with Gasteiger partial charge in [-0.3, -0.25) is 0 Å². The molecule has 2 unspecified atom stereocenters. The molecule has 6 heteroatoms. The normalized spacial score (nSPS) is 20.8. The first-order chi connectivity index (χ1) is 14.4. The fourth-order valence-electron chi connectivity index (χ4n) is 3.68. The van der Waals surface area contributed by atoms with Crippen molar-refractivity contribution in [3.8, 4) is 0 Å². The number of rotatable bonds is 14. The third kappa shape index (κ3) is 13.0. The molecule has 176 valence electrons. The summed E-state index contributed by atoms with van der Waals surface area (Å²) in [6.45, 7) is 9.36. The van der Waals surface area contributed by atoms with Gasteiger partial charge in [0.15, 0.2) is 0 Å². The molecule has 6 nitrogen and oxygen atoms in total. The van der Waals surface area contributed by atoms with Crippen molar-refractivity contribution in [1.29, 1.82) is 0 Å². The van der Waals surface area contributed by atoms with Gasteiger partial charge in [0.05, 0.1) is 13.2 Å². The van der Waals surface area contributed by atoms with Gasteiger partial charge in [-0.25, -0.2) is 9.59 Å². The van der Waals surface area contributed by atoms with Gasteiger partial charge in [-0.05, 0) is 50.4 Å². The van der Waals surface area contributed by atoms with Crippen LogP contribution >= 0.6 is 0 Å². The first-order valence-corrected chi connectivity index (χ1v) is 12.1. The lowest BCUT2D eigenvalue weighted by molar-refractivity contribution is -0.0309. The molecule has 2 atom stereocenters. The van der Waals surface area contributed by atoms with Crippen molar-refractivity contribution in [2.45, 2.75) is 117 Å². The van der Waals surface area contributed by atoms with Crippen molar-refractivity contribution in [1.82, 2.24) is 0 Å². The third-order valence-electron chi connectivity index (χ3n) is 5.72. The number of hydrogen-bond donors (Lipinski definition) is 0. The average Bonchev–Trinajstić information content (AvgIpc) is 2.72. The zero-order valence-corrected chi connectivity index (χ0v) is 19.7. The molecule has 0 radical (unpaired) electrons. The Morgan fingerprint density at radius 1 is 0.700 bits per heavy atom. The number of hydrogen-bond acceptors (Lipinski definition) is 6. The third-order valence-corrected chi connectivity index (χ3v) is 5.72. The van der Waals surface area contributed by atoms with E-state index in [4.69, 9.17) is 18.9 Å². The van der Waals surface area contributed by atoms with Crippen LogP contribution in [0.5, 0.6) is 0 Å². The van der Waals surface area contributed by atoms with E-state index in [0.717, 1.165) is 12.8 Å². The molecule has 1 fully saturated rings. The van der Waals surface area contributed by atoms with Crippen LogP contribution in [0.4, 0.5) is 9.59 Å². The zero-order valence-electron chi connectivity index (χ0n) is 19.7. The van der Waals surface area contributed by atoms with Gasteiger partial charge < -0.3 is 18.9 Å². The van der Waals surface area contributed by atoms with Crippen LogP contribution in [0, 0.1) is 11.8 Å². The Morgan fingerprint density at radius 2 is 1.07 bits per heavy atom. The molecule has 0 aromatic heterocycles. The Bertz CT molecular complexity index is 417. The van der Waals surface area contributed by atoms with E-state index in [-0.39, 0.29) is 12.2 Å². The summed E-state index contributed by atoms with van der Waals surface area (Å²) < 4.78 is 21.3. The van der Waals surface area contributed by atoms with Gasteiger partial charge in [0, 0.05) is 0 Å². The van der Waals surface area contributed by atoms with E-state index < -0.39 is 12.3 Å². The van der Waals surface area contributed by atoms with Crippen LogP contribution in [-0.4, -0.2) is 37.7 Å². The molecule has 1 saturated carbocycles. The van der Waals surface area contributed by atoms with Gasteiger partial charge >= 0.3 is 12.3 Å². The first-order valence-electron chi connectivity index (χ1n) is 12.1. The lowest BCUT2D eigenvalue weighted by Crippen LogP contribution is -2.30. The van der Waals surface area contributed by atoms with E-state index in [1.54, 1.807) is 0 Å². The van der Waals surface area contributed by atoms with Crippen molar-refractivity contribution >= 4 is 12.3 Å². The van der Waals surface area contributed by atoms with E-state index in [2.05, 4.69) is 27.7 Å². The molecule has 0 bridgehead atoms. The second-order valence-electron chi connectivity index (χ2n) is 8.96. The average molecular weight is 429 g/mol. The van der Waals surface area contributed by atoms with Crippen LogP contribution in [0.15, 0.2) is 0 Å². The van der Waals surface area contributed by atoms with Crippen molar-refractivity contribution in [2.75, 3.05) is 13.2 Å². The standard InChI is InChI=1S/C24H44O6/c1-5-7-9-11-19(3)17-27-23(25)29-21-13-15-22(16-14-21)30-24(26)28-18-20(4)12-10-8-6-2/h19-22H,5-18H2,1-4H3. The monoisotopic (exact) mass is 428 g/mol. The smallest absolute Gasteiger partial charge is 0.434 e. The Morgan fingerprint density at radius 3 is 1.40 bits per heavy atom. The van der Waals surface area contributed by atoms with Gasteiger partial charge in [-0.1, -0.05) is 66.2 Å². The first kappa shape index (κ1) is 26.6. The highest BCUT2D eigenvalue weighted by Crippen LogP contribution is 2.24. The largest absolute Gasteiger partial charge is 0.508 e. The fourth-order valence-corrected chi connectivity index (χ4v) is 3.68. The van der Waals surface area contributed by atoms with Crippen molar-refractivity contribution in [2.24, 2.45) is 11.8 Å². The molecule has 1 aliphatic carbocycles. The van der Waals surface area contributed by atoms with E-state index in [9.17, 15) is 9.59 Å². The Balaban J connectivity index is 2.11. The van der Waals surface area contributed by atoms with Crippen molar-refractivity contribution in [3.05, 3.63) is 0 Å². The van der Waals surface area contributed by atoms with Gasteiger partial charge in [0.25, 0.3) is 0 Å². The molecule has 30 heavy (non-hydrogen) atoms. The molecule has 1 aliphatic rings. The minimum atomic E-state index is -0.585. The lowest BCUT2D eigenvalue weighted by atomic mass is 9.95. The fraction of sp³-hybridized carbons (Fsp3) is 0.917. The molecular formula is C24H44O6. The highest BCUT2D eigenvalue weighted by molar-refractivity contribution is 5.60. The number of carbonyl (C=O) groups is 2. The summed E-state index contributed by atoms with van der Waals surface area (Å²) in [5, 5.41) is 0. The summed E-state index contributed by atoms with van der Waals surface area (Å²) in [4.78, 5) is 23.8. The number of unbranched alkanes of at least 4 members (excludes halogenated alkanes) is 4. The highest BCUT2D eigenvalue weighted by Gasteiger charge is 2.27. The number of ether oxygens (including phenoxy) is 4. The van der Waals surface area contributed by atoms with E-state index in [1.165, 1.54) is 38.5 Å². The molecule has 0 aromatic carbocycles. The zero-order chi connectivity index (χ0) is 22.2. The Kier molecular flexibility index (Phi) is 14.4. The molecule has 0 saturated heterocycles. The molecule has 0 N–H and O–H groups in total. The van der Waals surface area contributed by atoms with Gasteiger partial charge in [-0.2, -0.15) is 0 Å². The van der Waals surface area contributed by atoms with Crippen molar-refractivity contribution < 1.29 is 28.5 Å². The van der Waals surface area contributed by atoms with Gasteiger partial charge in [0.2, 0.25) is 0 Å². The van der Waals surface area contributed by atoms with Crippen LogP contribution in [0.2, 0.25) is 0 Å². The van der Waals surface area contributed by atoms with Crippen LogP contribution in [0.3, 0.4) is 0 Å². The summed E-state index contributed by atoms with van der Waals surface area (Å²) in [6.07, 6.45) is 10.5. The quantitative estimate of drug-likeness (QED) is 0.218. The number of carbonyl (C=O) groups excluding carboxylic acids is 2. The molecular weight excluding hydrogens is 384 g/mol. The summed E-state index contributed by atoms with van der Waals surface area (Å²) in [7, 11) is 0. The minimum absolute atomic E-state index is 0.164. The van der Waals surface area contributed by atoms with E-state index in [0.29, 0.717) is 50.7 Å². The maximum absolute atomic E-state index is 11.9. The van der Waals surface area contributed by atoms with Crippen LogP contribution < -0.4 is 0 Å². The predicted octanol–water partition coefficient (Wildman–Crippen LogP) is 7.04. The lowest BCUT2D eigenvalue weighted by Gasteiger charge is -2.27. The maximum atomic E-state index is 11.9. The molecule has 0 aromatic rings. The molecule has 0 amide bonds. The van der Waals surface area contributed by atoms with Crippen molar-refractivity contribution in [3.63, 3.8) is 0 Å². The Labute approximate surface area is 183 Å². The van der Waals surface area contributed by atoms with Gasteiger partial charge in [0.1, 0.15) is 12.2 Å². The molecule has 0 aliphatic heterocycles. The summed E-state index contributed by atoms with van der Waals surface area (Å²) in [5.74, 6) is 0.710. The highest BCUT2D eigenvalue weighted by atomic mass is 16.7. The summed E-state index contributed by atoms with van der Waals surface area (Å²) >= 11 is 0. The molecule has 0 heterocycles. The van der Waals surface area contributed by atoms with Crippen LogP contribution in [0.1, 0.15) is 105 Å². The van der Waals surface area contributed by atoms with Crippen LogP contribution in [0.25, 0.3) is 0 Å². The SMILES string of the molecule is CCCCCC(C)COC(=O)OC1CCC(OC(=O)OCC(C)CCCCC)CC1. The molecule has 0 spiro atoms. The Hall–Kier alpha value is -1.46. The van der Waals surface area contributed by atoms with E-state index in [1.807, 2.05) is 0 Å². The van der Waals surface area contributed by atoms with Gasteiger partial charge in [-0.15, -0.1) is 0 Å².